The third-order valence-corrected chi connectivity index (χ3v) is 6.19. The number of rotatable bonds is 4. The number of nitrogens with zero attached hydrogens (tertiary/aromatic N) is 3. The molecular weight excluding hydrogens is 312 g/mol. The Kier molecular flexibility index (Phi) is 5.82. The van der Waals surface area contributed by atoms with Crippen LogP contribution >= 0.6 is 11.8 Å². The summed E-state index contributed by atoms with van der Waals surface area (Å²) < 4.78 is 0. The van der Waals surface area contributed by atoms with Gasteiger partial charge in [0, 0.05) is 44.9 Å². The Bertz CT molecular complexity index is 434. The van der Waals surface area contributed by atoms with Crippen LogP contribution in [-0.2, 0) is 9.59 Å². The molecule has 3 aliphatic rings. The minimum atomic E-state index is -0.0801. The van der Waals surface area contributed by atoms with Crippen molar-refractivity contribution >= 4 is 23.6 Å². The Labute approximate surface area is 142 Å². The van der Waals surface area contributed by atoms with Gasteiger partial charge in [-0.3, -0.25) is 9.59 Å². The number of likely N-dealkylation sites (N-methyl/N-ethyl adjacent to an activating group) is 1. The molecule has 0 bridgehead atoms. The van der Waals surface area contributed by atoms with Crippen LogP contribution in [0.3, 0.4) is 0 Å². The molecule has 0 saturated carbocycles. The van der Waals surface area contributed by atoms with Crippen LogP contribution in [0.15, 0.2) is 0 Å². The first-order valence-electron chi connectivity index (χ1n) is 8.77. The van der Waals surface area contributed by atoms with E-state index in [2.05, 4.69) is 17.1 Å². The van der Waals surface area contributed by atoms with Gasteiger partial charge in [-0.15, -0.1) is 11.8 Å². The van der Waals surface area contributed by atoms with Crippen molar-refractivity contribution in [3.05, 3.63) is 0 Å². The summed E-state index contributed by atoms with van der Waals surface area (Å²) in [5.41, 5.74) is 0. The Morgan fingerprint density at radius 3 is 2.57 bits per heavy atom. The summed E-state index contributed by atoms with van der Waals surface area (Å²) in [4.78, 5) is 31.2. The first-order valence-corrected chi connectivity index (χ1v) is 9.93. The molecule has 0 spiro atoms. The second-order valence-electron chi connectivity index (χ2n) is 6.72. The van der Waals surface area contributed by atoms with E-state index in [0.29, 0.717) is 12.3 Å². The predicted molar refractivity (Wildman–Crippen MR) is 92.2 cm³/mol. The zero-order valence-electron chi connectivity index (χ0n) is 14.0. The van der Waals surface area contributed by atoms with Crippen LogP contribution in [0.1, 0.15) is 19.8 Å². The Morgan fingerprint density at radius 1 is 1.13 bits per heavy atom. The van der Waals surface area contributed by atoms with E-state index in [4.69, 9.17) is 0 Å². The lowest BCUT2D eigenvalue weighted by molar-refractivity contribution is -0.134. The van der Waals surface area contributed by atoms with Crippen molar-refractivity contribution < 1.29 is 9.59 Å². The predicted octanol–water partition coefficient (Wildman–Crippen LogP) is 0.0516. The summed E-state index contributed by atoms with van der Waals surface area (Å²) in [6.45, 7) is 8.55. The van der Waals surface area contributed by atoms with Crippen molar-refractivity contribution in [2.45, 2.75) is 25.8 Å². The van der Waals surface area contributed by atoms with Crippen LogP contribution < -0.4 is 5.32 Å². The topological polar surface area (TPSA) is 55.9 Å². The molecule has 3 heterocycles. The van der Waals surface area contributed by atoms with E-state index in [-0.39, 0.29) is 17.9 Å². The average Bonchev–Trinajstić information content (AvgIpc) is 3.26. The van der Waals surface area contributed by atoms with E-state index in [1.807, 2.05) is 21.6 Å². The van der Waals surface area contributed by atoms with Crippen molar-refractivity contribution in [1.82, 2.24) is 20.0 Å². The molecule has 0 aromatic heterocycles. The second kappa shape index (κ2) is 7.85. The van der Waals surface area contributed by atoms with Gasteiger partial charge in [-0.1, -0.05) is 6.92 Å². The Balaban J connectivity index is 1.42. The summed E-state index contributed by atoms with van der Waals surface area (Å²) >= 11 is 1.81. The van der Waals surface area contributed by atoms with E-state index in [9.17, 15) is 9.59 Å². The molecule has 3 fully saturated rings. The summed E-state index contributed by atoms with van der Waals surface area (Å²) in [5, 5.41) is 3.33. The quantitative estimate of drug-likeness (QED) is 0.784. The van der Waals surface area contributed by atoms with Crippen molar-refractivity contribution in [3.8, 4) is 0 Å². The van der Waals surface area contributed by atoms with Gasteiger partial charge in [0.05, 0.1) is 11.9 Å². The van der Waals surface area contributed by atoms with Crippen LogP contribution in [0.5, 0.6) is 0 Å². The molecule has 6 nitrogen and oxygen atoms in total. The fraction of sp³-hybridized carbons (Fsp3) is 0.875. The second-order valence-corrected chi connectivity index (χ2v) is 7.80. The molecule has 0 aromatic carbocycles. The molecule has 3 rings (SSSR count). The fourth-order valence-electron chi connectivity index (χ4n) is 3.65. The molecule has 1 N–H and O–H groups in total. The molecule has 23 heavy (non-hydrogen) atoms. The van der Waals surface area contributed by atoms with Crippen molar-refractivity contribution in [2.75, 3.05) is 57.4 Å². The van der Waals surface area contributed by atoms with Gasteiger partial charge < -0.3 is 20.0 Å². The van der Waals surface area contributed by atoms with Gasteiger partial charge in [-0.05, 0) is 25.4 Å². The van der Waals surface area contributed by atoms with Crippen LogP contribution in [-0.4, -0.2) is 90.0 Å². The SMILES string of the molecule is CCN1CCN(C(=O)CC2CNC(C(=O)N3CCSC3)C2)CC1. The summed E-state index contributed by atoms with van der Waals surface area (Å²) in [5.74, 6) is 2.65. The van der Waals surface area contributed by atoms with Gasteiger partial charge in [-0.25, -0.2) is 0 Å². The van der Waals surface area contributed by atoms with Gasteiger partial charge in [0.1, 0.15) is 0 Å². The standard InChI is InChI=1S/C16H28N4O2S/c1-2-18-3-5-19(6-4-18)15(21)10-13-9-14(17-11-13)16(22)20-7-8-23-12-20/h13-14,17H,2-12H2,1H3. The highest BCUT2D eigenvalue weighted by molar-refractivity contribution is 7.99. The maximum absolute atomic E-state index is 12.5. The normalized spacial score (nSPS) is 29.3. The monoisotopic (exact) mass is 340 g/mol. The van der Waals surface area contributed by atoms with E-state index >= 15 is 0 Å². The number of carbonyl (C=O) groups is 2. The summed E-state index contributed by atoms with van der Waals surface area (Å²) in [7, 11) is 0. The van der Waals surface area contributed by atoms with E-state index in [0.717, 1.165) is 63.9 Å². The van der Waals surface area contributed by atoms with Gasteiger partial charge in [0.2, 0.25) is 11.8 Å². The highest BCUT2D eigenvalue weighted by Gasteiger charge is 2.35. The highest BCUT2D eigenvalue weighted by atomic mass is 32.2. The number of piperazine rings is 1. The molecule has 3 saturated heterocycles. The zero-order valence-corrected chi connectivity index (χ0v) is 14.8. The number of carbonyl (C=O) groups excluding carboxylic acids is 2. The highest BCUT2D eigenvalue weighted by Crippen LogP contribution is 2.23. The number of amides is 2. The molecule has 2 amide bonds. The molecule has 2 unspecified atom stereocenters. The van der Waals surface area contributed by atoms with Crippen LogP contribution in [0, 0.1) is 5.92 Å². The van der Waals surface area contributed by atoms with Crippen LogP contribution in [0.4, 0.5) is 0 Å². The lowest BCUT2D eigenvalue weighted by Gasteiger charge is -2.34. The molecule has 0 radical (unpaired) electrons. The van der Waals surface area contributed by atoms with Crippen LogP contribution in [0.2, 0.25) is 0 Å². The molecule has 0 aliphatic carbocycles. The largest absolute Gasteiger partial charge is 0.340 e. The number of thioether (sulfide) groups is 1. The maximum Gasteiger partial charge on any atom is 0.240 e. The third kappa shape index (κ3) is 4.19. The van der Waals surface area contributed by atoms with Gasteiger partial charge in [0.25, 0.3) is 0 Å². The van der Waals surface area contributed by atoms with Crippen molar-refractivity contribution in [1.29, 1.82) is 0 Å². The van der Waals surface area contributed by atoms with Crippen molar-refractivity contribution in [3.63, 3.8) is 0 Å². The van der Waals surface area contributed by atoms with Gasteiger partial charge in [0.15, 0.2) is 0 Å². The van der Waals surface area contributed by atoms with E-state index in [1.54, 1.807) is 0 Å². The van der Waals surface area contributed by atoms with Crippen molar-refractivity contribution in [2.24, 2.45) is 5.92 Å². The maximum atomic E-state index is 12.5. The number of hydrogen-bond donors (Lipinski definition) is 1. The van der Waals surface area contributed by atoms with Gasteiger partial charge >= 0.3 is 0 Å². The first kappa shape index (κ1) is 17.0. The van der Waals surface area contributed by atoms with Gasteiger partial charge in [-0.2, -0.15) is 0 Å². The molecule has 3 aliphatic heterocycles. The minimum absolute atomic E-state index is 0.0801. The summed E-state index contributed by atoms with van der Waals surface area (Å²) in [6.07, 6.45) is 1.39. The smallest absolute Gasteiger partial charge is 0.240 e. The molecular formula is C16H28N4O2S. The number of nitrogens with one attached hydrogen (secondary N) is 1. The molecule has 2 atom stereocenters. The van der Waals surface area contributed by atoms with E-state index < -0.39 is 0 Å². The Hall–Kier alpha value is -0.790. The first-order chi connectivity index (χ1) is 11.2. The zero-order chi connectivity index (χ0) is 16.2. The van der Waals surface area contributed by atoms with E-state index in [1.165, 1.54) is 0 Å². The molecule has 7 heteroatoms. The summed E-state index contributed by atoms with van der Waals surface area (Å²) in [6, 6.07) is -0.0801. The Morgan fingerprint density at radius 2 is 1.91 bits per heavy atom. The lowest BCUT2D eigenvalue weighted by atomic mass is 10.00. The fourth-order valence-corrected chi connectivity index (χ4v) is 4.61. The third-order valence-electron chi connectivity index (χ3n) is 5.22. The average molecular weight is 340 g/mol. The van der Waals surface area contributed by atoms with Crippen LogP contribution in [0.25, 0.3) is 0 Å². The molecule has 0 aromatic rings. The lowest BCUT2D eigenvalue weighted by Crippen LogP contribution is -2.48. The minimum Gasteiger partial charge on any atom is -0.340 e. The number of hydrogen-bond acceptors (Lipinski definition) is 5. The molecule has 130 valence electrons.